The fourth-order valence-corrected chi connectivity index (χ4v) is 2.46. The summed E-state index contributed by atoms with van der Waals surface area (Å²) in [6.07, 6.45) is 1.59. The van der Waals surface area contributed by atoms with Crippen LogP contribution in [-0.2, 0) is 0 Å². The molecule has 1 heterocycles. The smallest absolute Gasteiger partial charge is 0.257 e. The Kier molecular flexibility index (Phi) is 6.18. The Hall–Kier alpha value is -2.56. The molecular weight excluding hydrogens is 300 g/mol. The molecule has 24 heavy (non-hydrogen) atoms. The fraction of sp³-hybridized carbons (Fsp3) is 0.368. The van der Waals surface area contributed by atoms with Crippen molar-refractivity contribution in [1.29, 1.82) is 0 Å². The minimum absolute atomic E-state index is 0.158. The Balaban J connectivity index is 2.01. The maximum atomic E-state index is 12.3. The van der Waals surface area contributed by atoms with Gasteiger partial charge in [-0.25, -0.2) is 4.98 Å². The molecule has 1 aromatic carbocycles. The summed E-state index contributed by atoms with van der Waals surface area (Å²) < 4.78 is 0. The third-order valence-corrected chi connectivity index (χ3v) is 3.72. The zero-order valence-corrected chi connectivity index (χ0v) is 14.8. The number of hydrogen-bond acceptors (Lipinski definition) is 4. The van der Waals surface area contributed by atoms with Crippen LogP contribution in [0.1, 0.15) is 38.1 Å². The van der Waals surface area contributed by atoms with Crippen molar-refractivity contribution in [2.75, 3.05) is 28.6 Å². The van der Waals surface area contributed by atoms with Gasteiger partial charge in [-0.05, 0) is 64.1 Å². The van der Waals surface area contributed by atoms with Gasteiger partial charge >= 0.3 is 0 Å². The molecule has 0 saturated heterocycles. The van der Waals surface area contributed by atoms with E-state index in [-0.39, 0.29) is 5.91 Å². The lowest BCUT2D eigenvalue weighted by atomic mass is 10.2. The number of anilines is 3. The molecule has 0 aliphatic heterocycles. The van der Waals surface area contributed by atoms with Gasteiger partial charge in [-0.3, -0.25) is 4.79 Å². The van der Waals surface area contributed by atoms with Crippen molar-refractivity contribution in [3.05, 3.63) is 48.2 Å². The van der Waals surface area contributed by atoms with Crippen LogP contribution in [0.15, 0.2) is 42.6 Å². The van der Waals surface area contributed by atoms with Crippen LogP contribution in [0, 0.1) is 0 Å². The number of rotatable bonds is 7. The second kappa shape index (κ2) is 8.34. The van der Waals surface area contributed by atoms with Crippen LogP contribution in [0.4, 0.5) is 17.2 Å². The first-order valence-electron chi connectivity index (χ1n) is 8.42. The number of hydrogen-bond donors (Lipinski definition) is 2. The molecule has 0 aliphatic carbocycles. The molecule has 5 heteroatoms. The zero-order valence-electron chi connectivity index (χ0n) is 14.8. The van der Waals surface area contributed by atoms with E-state index in [0.717, 1.165) is 30.3 Å². The number of benzene rings is 1. The highest BCUT2D eigenvalue weighted by Gasteiger charge is 2.08. The number of aromatic nitrogens is 1. The molecule has 0 fully saturated rings. The van der Waals surface area contributed by atoms with E-state index < -0.39 is 0 Å². The molecule has 2 N–H and O–H groups in total. The SMILES string of the molecule is CCN(CC)c1ccc(NC(=O)c2ccc(NC(C)C)nc2)cc1. The molecule has 0 saturated carbocycles. The van der Waals surface area contributed by atoms with Gasteiger partial charge in [-0.15, -0.1) is 0 Å². The summed E-state index contributed by atoms with van der Waals surface area (Å²) in [4.78, 5) is 18.8. The molecule has 0 atom stereocenters. The third kappa shape index (κ3) is 4.72. The number of carbonyl (C=O) groups is 1. The average Bonchev–Trinajstić information content (AvgIpc) is 2.57. The molecule has 1 aromatic heterocycles. The van der Waals surface area contributed by atoms with Crippen molar-refractivity contribution < 1.29 is 4.79 Å². The molecule has 1 amide bonds. The van der Waals surface area contributed by atoms with Crippen molar-refractivity contribution in [1.82, 2.24) is 4.98 Å². The molecule has 0 aliphatic rings. The quantitative estimate of drug-likeness (QED) is 0.807. The molecule has 0 radical (unpaired) electrons. The highest BCUT2D eigenvalue weighted by Crippen LogP contribution is 2.18. The van der Waals surface area contributed by atoms with Gasteiger partial charge in [0.15, 0.2) is 0 Å². The van der Waals surface area contributed by atoms with E-state index in [9.17, 15) is 4.79 Å². The predicted molar refractivity (Wildman–Crippen MR) is 101 cm³/mol. The maximum Gasteiger partial charge on any atom is 0.257 e. The van der Waals surface area contributed by atoms with Gasteiger partial charge in [0.1, 0.15) is 5.82 Å². The number of nitrogens with one attached hydrogen (secondary N) is 2. The van der Waals surface area contributed by atoms with Crippen molar-refractivity contribution in [2.45, 2.75) is 33.7 Å². The monoisotopic (exact) mass is 326 g/mol. The largest absolute Gasteiger partial charge is 0.372 e. The molecule has 0 spiro atoms. The second-order valence-corrected chi connectivity index (χ2v) is 5.90. The van der Waals surface area contributed by atoms with E-state index in [1.54, 1.807) is 12.3 Å². The molecule has 128 valence electrons. The first-order valence-corrected chi connectivity index (χ1v) is 8.42. The number of amides is 1. The lowest BCUT2D eigenvalue weighted by Crippen LogP contribution is -2.21. The number of nitrogens with zero attached hydrogens (tertiary/aromatic N) is 2. The Morgan fingerprint density at radius 2 is 1.75 bits per heavy atom. The molecule has 2 aromatic rings. The van der Waals surface area contributed by atoms with Gasteiger partial charge in [0.05, 0.1) is 5.56 Å². The fourth-order valence-electron chi connectivity index (χ4n) is 2.46. The molecule has 5 nitrogen and oxygen atoms in total. The second-order valence-electron chi connectivity index (χ2n) is 5.90. The van der Waals surface area contributed by atoms with Gasteiger partial charge < -0.3 is 15.5 Å². The number of carbonyl (C=O) groups excluding carboxylic acids is 1. The van der Waals surface area contributed by atoms with Gasteiger partial charge in [0, 0.05) is 36.7 Å². The van der Waals surface area contributed by atoms with Crippen LogP contribution in [0.5, 0.6) is 0 Å². The lowest BCUT2D eigenvalue weighted by molar-refractivity contribution is 0.102. The summed E-state index contributed by atoms with van der Waals surface area (Å²) in [6, 6.07) is 11.8. The highest BCUT2D eigenvalue weighted by molar-refractivity contribution is 6.04. The summed E-state index contributed by atoms with van der Waals surface area (Å²) in [7, 11) is 0. The molecule has 2 rings (SSSR count). The van der Waals surface area contributed by atoms with E-state index in [1.165, 1.54) is 0 Å². The van der Waals surface area contributed by atoms with Crippen LogP contribution in [0.3, 0.4) is 0 Å². The van der Waals surface area contributed by atoms with Crippen LogP contribution in [0.2, 0.25) is 0 Å². The minimum Gasteiger partial charge on any atom is -0.372 e. The Morgan fingerprint density at radius 3 is 2.25 bits per heavy atom. The topological polar surface area (TPSA) is 57.3 Å². The van der Waals surface area contributed by atoms with Gasteiger partial charge in [-0.1, -0.05) is 0 Å². The Labute approximate surface area is 144 Å². The highest BCUT2D eigenvalue weighted by atomic mass is 16.1. The number of pyridine rings is 1. The summed E-state index contributed by atoms with van der Waals surface area (Å²) in [6.45, 7) is 10.3. The molecule has 0 bridgehead atoms. The van der Waals surface area contributed by atoms with E-state index in [4.69, 9.17) is 0 Å². The predicted octanol–water partition coefficient (Wildman–Crippen LogP) is 4.00. The van der Waals surface area contributed by atoms with Crippen LogP contribution in [0.25, 0.3) is 0 Å². The lowest BCUT2D eigenvalue weighted by Gasteiger charge is -2.21. The molecule has 0 unspecified atom stereocenters. The van der Waals surface area contributed by atoms with Crippen molar-refractivity contribution in [3.8, 4) is 0 Å². The van der Waals surface area contributed by atoms with Gasteiger partial charge in [-0.2, -0.15) is 0 Å². The zero-order chi connectivity index (χ0) is 17.5. The van der Waals surface area contributed by atoms with Crippen molar-refractivity contribution in [2.24, 2.45) is 0 Å². The normalized spacial score (nSPS) is 10.5. The van der Waals surface area contributed by atoms with E-state index in [2.05, 4.69) is 34.4 Å². The van der Waals surface area contributed by atoms with Crippen LogP contribution < -0.4 is 15.5 Å². The third-order valence-electron chi connectivity index (χ3n) is 3.72. The van der Waals surface area contributed by atoms with Crippen LogP contribution >= 0.6 is 0 Å². The minimum atomic E-state index is -0.158. The summed E-state index contributed by atoms with van der Waals surface area (Å²) in [5.41, 5.74) is 2.47. The van der Waals surface area contributed by atoms with E-state index >= 15 is 0 Å². The molecular formula is C19H26N4O. The summed E-state index contributed by atoms with van der Waals surface area (Å²) in [5.74, 6) is 0.610. The summed E-state index contributed by atoms with van der Waals surface area (Å²) in [5, 5.41) is 6.10. The van der Waals surface area contributed by atoms with Gasteiger partial charge in [0.25, 0.3) is 5.91 Å². The Bertz CT molecular complexity index is 646. The first-order chi connectivity index (χ1) is 11.5. The summed E-state index contributed by atoms with van der Waals surface area (Å²) >= 11 is 0. The van der Waals surface area contributed by atoms with Crippen molar-refractivity contribution >= 4 is 23.1 Å². The van der Waals surface area contributed by atoms with E-state index in [0.29, 0.717) is 11.6 Å². The van der Waals surface area contributed by atoms with E-state index in [1.807, 2.05) is 44.2 Å². The first kappa shape index (κ1) is 17.8. The Morgan fingerprint density at radius 1 is 1.08 bits per heavy atom. The standard InChI is InChI=1S/C19H26N4O/c1-5-23(6-2)17-10-8-16(9-11-17)22-19(24)15-7-12-18(20-13-15)21-14(3)4/h7-14H,5-6H2,1-4H3,(H,20,21)(H,22,24). The maximum absolute atomic E-state index is 12.3. The van der Waals surface area contributed by atoms with Crippen LogP contribution in [-0.4, -0.2) is 30.0 Å². The average molecular weight is 326 g/mol. The van der Waals surface area contributed by atoms with Crippen molar-refractivity contribution in [3.63, 3.8) is 0 Å². The van der Waals surface area contributed by atoms with Gasteiger partial charge in [0.2, 0.25) is 0 Å².